The van der Waals surface area contributed by atoms with Gasteiger partial charge >= 0.3 is 0 Å². The van der Waals surface area contributed by atoms with Gasteiger partial charge in [0, 0.05) is 5.69 Å². The third-order valence-corrected chi connectivity index (χ3v) is 4.11. The number of carbonyl (C=O) groups is 1. The number of nitrogens with one attached hydrogen (secondary N) is 1. The molecule has 3 nitrogen and oxygen atoms in total. The number of hydrogen-bond acceptors (Lipinski definition) is 2. The Morgan fingerprint density at radius 2 is 1.78 bits per heavy atom. The Hall–Kier alpha value is -1.81. The maximum atomic E-state index is 12.0. The molecule has 0 aromatic heterocycles. The van der Waals surface area contributed by atoms with Gasteiger partial charge in [-0.15, -0.1) is 0 Å². The van der Waals surface area contributed by atoms with Gasteiger partial charge in [0.1, 0.15) is 5.75 Å². The molecule has 23 heavy (non-hydrogen) atoms. The van der Waals surface area contributed by atoms with E-state index in [-0.39, 0.29) is 17.9 Å². The van der Waals surface area contributed by atoms with Gasteiger partial charge < -0.3 is 10.1 Å². The van der Waals surface area contributed by atoms with Crippen LogP contribution in [-0.4, -0.2) is 12.5 Å². The minimum Gasteiger partial charge on any atom is -0.483 e. The van der Waals surface area contributed by atoms with E-state index in [9.17, 15) is 4.79 Å². The molecule has 0 radical (unpaired) electrons. The summed E-state index contributed by atoms with van der Waals surface area (Å²) < 4.78 is 6.46. The Kier molecular flexibility index (Phi) is 5.47. The molecule has 4 heteroatoms. The van der Waals surface area contributed by atoms with E-state index in [1.807, 2.05) is 49.4 Å². The van der Waals surface area contributed by atoms with Crippen LogP contribution < -0.4 is 10.1 Å². The van der Waals surface area contributed by atoms with Crippen LogP contribution in [0, 0.1) is 6.92 Å². The highest BCUT2D eigenvalue weighted by Gasteiger charge is 2.15. The highest BCUT2D eigenvalue weighted by Crippen LogP contribution is 2.31. The Morgan fingerprint density at radius 3 is 2.35 bits per heavy atom. The molecule has 0 aliphatic rings. The number of halogens is 1. The normalized spacial score (nSPS) is 11.2. The van der Waals surface area contributed by atoms with Crippen molar-refractivity contribution in [3.8, 4) is 5.75 Å². The Balaban J connectivity index is 1.95. The molecule has 122 valence electrons. The average Bonchev–Trinajstić information content (AvgIpc) is 2.47. The molecule has 2 rings (SSSR count). The van der Waals surface area contributed by atoms with Gasteiger partial charge in [-0.3, -0.25) is 4.79 Å². The van der Waals surface area contributed by atoms with Crippen LogP contribution in [0.1, 0.15) is 31.9 Å². The Labute approximate surface area is 146 Å². The Morgan fingerprint density at radius 1 is 1.13 bits per heavy atom. The van der Waals surface area contributed by atoms with Gasteiger partial charge in [-0.1, -0.05) is 44.5 Å². The van der Waals surface area contributed by atoms with E-state index < -0.39 is 0 Å². The molecule has 2 aromatic rings. The van der Waals surface area contributed by atoms with Crippen LogP contribution in [0.25, 0.3) is 0 Å². The second-order valence-corrected chi connectivity index (χ2v) is 7.45. The number of amides is 1. The lowest BCUT2D eigenvalue weighted by Crippen LogP contribution is -2.20. The van der Waals surface area contributed by atoms with Crippen LogP contribution in [-0.2, 0) is 10.2 Å². The molecule has 2 aromatic carbocycles. The van der Waals surface area contributed by atoms with E-state index in [1.54, 1.807) is 0 Å². The van der Waals surface area contributed by atoms with E-state index >= 15 is 0 Å². The molecular weight excluding hydrogens is 354 g/mol. The lowest BCUT2D eigenvalue weighted by molar-refractivity contribution is -0.118. The van der Waals surface area contributed by atoms with E-state index in [4.69, 9.17) is 4.74 Å². The summed E-state index contributed by atoms with van der Waals surface area (Å²) in [4.78, 5) is 12.0. The number of ether oxygens (including phenoxy) is 1. The zero-order valence-electron chi connectivity index (χ0n) is 13.9. The maximum absolute atomic E-state index is 12.0. The first-order valence-electron chi connectivity index (χ1n) is 7.55. The molecule has 0 fully saturated rings. The zero-order chi connectivity index (χ0) is 17.0. The van der Waals surface area contributed by atoms with Crippen LogP contribution in [0.2, 0.25) is 0 Å². The largest absolute Gasteiger partial charge is 0.483 e. The fraction of sp³-hybridized carbons (Fsp3) is 0.316. The van der Waals surface area contributed by atoms with Gasteiger partial charge in [-0.05, 0) is 58.1 Å². The van der Waals surface area contributed by atoms with Gasteiger partial charge in [-0.25, -0.2) is 0 Å². The first kappa shape index (κ1) is 17.5. The first-order chi connectivity index (χ1) is 10.8. The number of aryl methyl sites for hydroxylation is 1. The molecule has 1 N–H and O–H groups in total. The summed E-state index contributed by atoms with van der Waals surface area (Å²) in [5.41, 5.74) is 3.21. The summed E-state index contributed by atoms with van der Waals surface area (Å²) in [6, 6.07) is 13.6. The fourth-order valence-electron chi connectivity index (χ4n) is 2.06. The van der Waals surface area contributed by atoms with Gasteiger partial charge in [0.2, 0.25) is 0 Å². The predicted octanol–water partition coefficient (Wildman–Crippen LogP) is 5.07. The second kappa shape index (κ2) is 7.18. The summed E-state index contributed by atoms with van der Waals surface area (Å²) >= 11 is 3.51. The average molecular weight is 376 g/mol. The molecule has 0 saturated carbocycles. The van der Waals surface area contributed by atoms with Crippen molar-refractivity contribution in [3.05, 3.63) is 58.1 Å². The van der Waals surface area contributed by atoms with Crippen molar-refractivity contribution in [2.45, 2.75) is 33.1 Å². The third-order valence-electron chi connectivity index (χ3n) is 3.49. The van der Waals surface area contributed by atoms with Crippen molar-refractivity contribution in [1.29, 1.82) is 0 Å². The molecule has 0 saturated heterocycles. The van der Waals surface area contributed by atoms with Crippen molar-refractivity contribution in [1.82, 2.24) is 0 Å². The van der Waals surface area contributed by atoms with Crippen LogP contribution in [0.15, 0.2) is 46.9 Å². The quantitative estimate of drug-likeness (QED) is 0.809. The number of hydrogen-bond donors (Lipinski definition) is 1. The predicted molar refractivity (Wildman–Crippen MR) is 98.1 cm³/mol. The molecule has 0 aliphatic heterocycles. The molecule has 0 unspecified atom stereocenters. The van der Waals surface area contributed by atoms with Crippen LogP contribution in [0.3, 0.4) is 0 Å². The first-order valence-corrected chi connectivity index (χ1v) is 8.34. The third kappa shape index (κ3) is 5.10. The second-order valence-electron chi connectivity index (χ2n) is 6.60. The van der Waals surface area contributed by atoms with Crippen molar-refractivity contribution in [3.63, 3.8) is 0 Å². The van der Waals surface area contributed by atoms with Gasteiger partial charge in [-0.2, -0.15) is 0 Å². The summed E-state index contributed by atoms with van der Waals surface area (Å²) in [6.45, 7) is 8.45. The van der Waals surface area contributed by atoms with E-state index in [1.165, 1.54) is 5.56 Å². The minimum atomic E-state index is -0.180. The van der Waals surface area contributed by atoms with E-state index in [0.29, 0.717) is 5.75 Å². The molecule has 0 atom stereocenters. The Bertz CT molecular complexity index is 688. The molecule has 1 amide bonds. The van der Waals surface area contributed by atoms with Crippen molar-refractivity contribution >= 4 is 27.5 Å². The highest BCUT2D eigenvalue weighted by atomic mass is 79.9. The van der Waals surface area contributed by atoms with Gasteiger partial charge in [0.25, 0.3) is 5.91 Å². The maximum Gasteiger partial charge on any atom is 0.262 e. The van der Waals surface area contributed by atoms with Crippen LogP contribution in [0.4, 0.5) is 5.69 Å². The summed E-state index contributed by atoms with van der Waals surface area (Å²) in [7, 11) is 0. The number of rotatable bonds is 4. The standard InChI is InChI=1S/C19H22BrNO2/c1-13-5-8-15(9-6-13)21-18(22)12-23-17-10-7-14(11-16(17)20)19(2,3)4/h5-11H,12H2,1-4H3,(H,21,22). The molecular formula is C19H22BrNO2. The topological polar surface area (TPSA) is 38.3 Å². The molecule has 0 spiro atoms. The van der Waals surface area contributed by atoms with Crippen LogP contribution >= 0.6 is 15.9 Å². The number of benzene rings is 2. The summed E-state index contributed by atoms with van der Waals surface area (Å²) in [5.74, 6) is 0.484. The highest BCUT2D eigenvalue weighted by molar-refractivity contribution is 9.10. The van der Waals surface area contributed by atoms with Crippen LogP contribution in [0.5, 0.6) is 5.75 Å². The summed E-state index contributed by atoms with van der Waals surface area (Å²) in [5, 5.41) is 2.82. The van der Waals surface area contributed by atoms with Crippen molar-refractivity contribution in [2.24, 2.45) is 0 Å². The van der Waals surface area contributed by atoms with Gasteiger partial charge in [0.15, 0.2) is 6.61 Å². The number of anilines is 1. The van der Waals surface area contributed by atoms with Crippen molar-refractivity contribution in [2.75, 3.05) is 11.9 Å². The number of carbonyl (C=O) groups excluding carboxylic acids is 1. The lowest BCUT2D eigenvalue weighted by Gasteiger charge is -2.20. The monoisotopic (exact) mass is 375 g/mol. The molecule has 0 heterocycles. The minimum absolute atomic E-state index is 0.0264. The molecule has 0 bridgehead atoms. The lowest BCUT2D eigenvalue weighted by atomic mass is 9.87. The SMILES string of the molecule is Cc1ccc(NC(=O)COc2ccc(C(C)(C)C)cc2Br)cc1. The molecule has 0 aliphatic carbocycles. The van der Waals surface area contributed by atoms with E-state index in [2.05, 4.69) is 42.0 Å². The van der Waals surface area contributed by atoms with Gasteiger partial charge in [0.05, 0.1) is 4.47 Å². The smallest absolute Gasteiger partial charge is 0.262 e. The fourth-order valence-corrected chi connectivity index (χ4v) is 2.55. The van der Waals surface area contributed by atoms with Crippen molar-refractivity contribution < 1.29 is 9.53 Å². The zero-order valence-corrected chi connectivity index (χ0v) is 15.5. The summed E-state index contributed by atoms with van der Waals surface area (Å²) in [6.07, 6.45) is 0. The van der Waals surface area contributed by atoms with E-state index in [0.717, 1.165) is 15.7 Å².